The molecule has 0 aliphatic heterocycles. The Morgan fingerprint density at radius 1 is 1.35 bits per heavy atom. The SMILES string of the molecule is Cc1noc(C)c1S(=O)(=O)N(C)[C@H](C)c1cccnc1. The molecule has 2 heterocycles. The predicted molar refractivity (Wildman–Crippen MR) is 73.6 cm³/mol. The van der Waals surface area contributed by atoms with Crippen molar-refractivity contribution in [3.8, 4) is 0 Å². The zero-order valence-corrected chi connectivity index (χ0v) is 12.7. The first-order valence-electron chi connectivity index (χ1n) is 6.16. The average Bonchev–Trinajstić information content (AvgIpc) is 2.78. The summed E-state index contributed by atoms with van der Waals surface area (Å²) in [5, 5.41) is 3.70. The van der Waals surface area contributed by atoms with Crippen LogP contribution in [0.25, 0.3) is 0 Å². The van der Waals surface area contributed by atoms with E-state index >= 15 is 0 Å². The van der Waals surface area contributed by atoms with Gasteiger partial charge in [-0.05, 0) is 32.4 Å². The van der Waals surface area contributed by atoms with Crippen LogP contribution in [0, 0.1) is 13.8 Å². The number of aromatic nitrogens is 2. The summed E-state index contributed by atoms with van der Waals surface area (Å²) in [5.41, 5.74) is 1.19. The molecule has 0 radical (unpaired) electrons. The van der Waals surface area contributed by atoms with Crippen molar-refractivity contribution in [2.45, 2.75) is 31.7 Å². The van der Waals surface area contributed by atoms with E-state index in [0.717, 1.165) is 5.56 Å². The lowest BCUT2D eigenvalue weighted by Crippen LogP contribution is -2.30. The Hall–Kier alpha value is -1.73. The first kappa shape index (κ1) is 14.7. The van der Waals surface area contributed by atoms with Gasteiger partial charge in [0.05, 0.1) is 0 Å². The van der Waals surface area contributed by atoms with E-state index in [2.05, 4.69) is 10.1 Å². The summed E-state index contributed by atoms with van der Waals surface area (Å²) < 4.78 is 31.6. The maximum absolute atomic E-state index is 12.7. The number of hydrogen-bond acceptors (Lipinski definition) is 5. The molecule has 0 fully saturated rings. The molecule has 6 nitrogen and oxygen atoms in total. The molecule has 0 spiro atoms. The molecule has 0 bridgehead atoms. The minimum Gasteiger partial charge on any atom is -0.360 e. The van der Waals surface area contributed by atoms with Gasteiger partial charge in [0.15, 0.2) is 5.76 Å². The highest BCUT2D eigenvalue weighted by Crippen LogP contribution is 2.28. The van der Waals surface area contributed by atoms with Crippen LogP contribution in [0.1, 0.15) is 30.0 Å². The topological polar surface area (TPSA) is 76.3 Å². The summed E-state index contributed by atoms with van der Waals surface area (Å²) in [7, 11) is -2.11. The maximum atomic E-state index is 12.7. The van der Waals surface area contributed by atoms with Crippen molar-refractivity contribution in [3.05, 3.63) is 41.5 Å². The van der Waals surface area contributed by atoms with Crippen molar-refractivity contribution in [2.75, 3.05) is 7.05 Å². The second-order valence-electron chi connectivity index (χ2n) is 4.64. The molecule has 0 aliphatic rings. The minimum absolute atomic E-state index is 0.135. The predicted octanol–water partition coefficient (Wildman–Crippen LogP) is 2.07. The van der Waals surface area contributed by atoms with Gasteiger partial charge in [-0.25, -0.2) is 8.42 Å². The van der Waals surface area contributed by atoms with Crippen molar-refractivity contribution in [3.63, 3.8) is 0 Å². The van der Waals surface area contributed by atoms with Crippen molar-refractivity contribution >= 4 is 10.0 Å². The van der Waals surface area contributed by atoms with Gasteiger partial charge < -0.3 is 4.52 Å². The van der Waals surface area contributed by atoms with E-state index in [1.807, 2.05) is 13.0 Å². The van der Waals surface area contributed by atoms with Crippen LogP contribution in [0.3, 0.4) is 0 Å². The van der Waals surface area contributed by atoms with Crippen LogP contribution in [-0.4, -0.2) is 29.9 Å². The first-order valence-corrected chi connectivity index (χ1v) is 7.60. The van der Waals surface area contributed by atoms with E-state index < -0.39 is 10.0 Å². The molecule has 0 aromatic carbocycles. The molecule has 0 N–H and O–H groups in total. The average molecular weight is 295 g/mol. The lowest BCUT2D eigenvalue weighted by atomic mass is 10.1. The standard InChI is InChI=1S/C13H17N3O3S/c1-9-13(11(3)19-15-9)20(17,18)16(4)10(2)12-6-5-7-14-8-12/h5-8,10H,1-4H3/t10-/m1/s1. The van der Waals surface area contributed by atoms with Crippen LogP contribution in [0.4, 0.5) is 0 Å². The molecule has 7 heteroatoms. The highest BCUT2D eigenvalue weighted by Gasteiger charge is 2.31. The molecule has 0 aliphatic carbocycles. The van der Waals surface area contributed by atoms with E-state index in [1.54, 1.807) is 39.4 Å². The largest absolute Gasteiger partial charge is 0.360 e. The normalized spacial score (nSPS) is 13.7. The van der Waals surface area contributed by atoms with Gasteiger partial charge in [0, 0.05) is 25.5 Å². The fraction of sp³-hybridized carbons (Fsp3) is 0.385. The van der Waals surface area contributed by atoms with Crippen LogP contribution in [0.15, 0.2) is 33.9 Å². The van der Waals surface area contributed by atoms with Crippen molar-refractivity contribution in [1.29, 1.82) is 0 Å². The van der Waals surface area contributed by atoms with Gasteiger partial charge in [-0.3, -0.25) is 4.98 Å². The molecule has 1 atom stereocenters. The van der Waals surface area contributed by atoms with Crippen molar-refractivity contribution in [1.82, 2.24) is 14.4 Å². The van der Waals surface area contributed by atoms with Gasteiger partial charge in [0.1, 0.15) is 10.6 Å². The molecular weight excluding hydrogens is 278 g/mol. The number of sulfonamides is 1. The number of pyridine rings is 1. The number of hydrogen-bond donors (Lipinski definition) is 0. The quantitative estimate of drug-likeness (QED) is 0.863. The summed E-state index contributed by atoms with van der Waals surface area (Å²) in [6.07, 6.45) is 3.31. The van der Waals surface area contributed by atoms with E-state index in [1.165, 1.54) is 4.31 Å². The fourth-order valence-electron chi connectivity index (χ4n) is 2.03. The molecule has 0 unspecified atom stereocenters. The summed E-state index contributed by atoms with van der Waals surface area (Å²) in [6.45, 7) is 5.02. The molecular formula is C13H17N3O3S. The van der Waals surface area contributed by atoms with E-state index in [9.17, 15) is 8.42 Å². The summed E-state index contributed by atoms with van der Waals surface area (Å²) in [6, 6.07) is 3.29. The van der Waals surface area contributed by atoms with Crippen molar-refractivity contribution < 1.29 is 12.9 Å². The van der Waals surface area contributed by atoms with Crippen LogP contribution >= 0.6 is 0 Å². The van der Waals surface area contributed by atoms with Gasteiger partial charge in [0.2, 0.25) is 10.0 Å². The lowest BCUT2D eigenvalue weighted by molar-refractivity contribution is 0.384. The molecule has 2 rings (SSSR count). The maximum Gasteiger partial charge on any atom is 0.248 e. The third-order valence-electron chi connectivity index (χ3n) is 3.32. The number of aryl methyl sites for hydroxylation is 2. The van der Waals surface area contributed by atoms with Crippen LogP contribution in [-0.2, 0) is 10.0 Å². The molecule has 108 valence electrons. The van der Waals surface area contributed by atoms with Crippen LogP contribution in [0.5, 0.6) is 0 Å². The molecule has 20 heavy (non-hydrogen) atoms. The smallest absolute Gasteiger partial charge is 0.248 e. The van der Waals surface area contributed by atoms with Crippen LogP contribution in [0.2, 0.25) is 0 Å². The van der Waals surface area contributed by atoms with Gasteiger partial charge in [-0.1, -0.05) is 11.2 Å². The summed E-state index contributed by atoms with van der Waals surface area (Å²) in [5.74, 6) is 0.299. The number of rotatable bonds is 4. The zero-order chi connectivity index (χ0) is 14.9. The van der Waals surface area contributed by atoms with E-state index in [0.29, 0.717) is 11.5 Å². The third-order valence-corrected chi connectivity index (χ3v) is 5.49. The van der Waals surface area contributed by atoms with Crippen LogP contribution < -0.4 is 0 Å². The molecule has 2 aromatic heterocycles. The number of nitrogens with zero attached hydrogens (tertiary/aromatic N) is 3. The Morgan fingerprint density at radius 3 is 2.55 bits per heavy atom. The zero-order valence-electron chi connectivity index (χ0n) is 11.9. The Balaban J connectivity index is 2.40. The fourth-order valence-corrected chi connectivity index (χ4v) is 3.67. The van der Waals surface area contributed by atoms with Gasteiger partial charge in [-0.2, -0.15) is 4.31 Å². The van der Waals surface area contributed by atoms with Gasteiger partial charge in [-0.15, -0.1) is 0 Å². The summed E-state index contributed by atoms with van der Waals surface area (Å²) >= 11 is 0. The lowest BCUT2D eigenvalue weighted by Gasteiger charge is -2.24. The first-order chi connectivity index (χ1) is 9.35. The molecule has 0 saturated carbocycles. The Kier molecular flexibility index (Phi) is 3.92. The van der Waals surface area contributed by atoms with E-state index in [-0.39, 0.29) is 10.9 Å². The Bertz CT molecular complexity index is 675. The Morgan fingerprint density at radius 2 is 2.05 bits per heavy atom. The Labute approximate surface area is 118 Å². The highest BCUT2D eigenvalue weighted by atomic mass is 32.2. The second kappa shape index (κ2) is 5.34. The second-order valence-corrected chi connectivity index (χ2v) is 6.57. The highest BCUT2D eigenvalue weighted by molar-refractivity contribution is 7.89. The van der Waals surface area contributed by atoms with Gasteiger partial charge in [0.25, 0.3) is 0 Å². The summed E-state index contributed by atoms with van der Waals surface area (Å²) in [4.78, 5) is 4.15. The van der Waals surface area contributed by atoms with Gasteiger partial charge >= 0.3 is 0 Å². The third kappa shape index (κ3) is 2.46. The molecule has 0 saturated heterocycles. The molecule has 0 amide bonds. The monoisotopic (exact) mass is 295 g/mol. The minimum atomic E-state index is -3.66. The molecule has 2 aromatic rings. The van der Waals surface area contributed by atoms with E-state index in [4.69, 9.17) is 4.52 Å². The van der Waals surface area contributed by atoms with Crippen molar-refractivity contribution in [2.24, 2.45) is 0 Å².